The van der Waals surface area contributed by atoms with Crippen molar-refractivity contribution < 1.29 is 60.9 Å². The molecular formula is C9H19KN2O2. The van der Waals surface area contributed by atoms with E-state index in [1.807, 2.05) is 20.8 Å². The molecule has 14 heavy (non-hydrogen) atoms. The summed E-state index contributed by atoms with van der Waals surface area (Å²) in [5.41, 5.74) is 0. The van der Waals surface area contributed by atoms with E-state index in [1.165, 1.54) is 7.05 Å². The maximum absolute atomic E-state index is 11.1. The van der Waals surface area contributed by atoms with E-state index in [-0.39, 0.29) is 63.5 Å². The van der Waals surface area contributed by atoms with Crippen LogP contribution in [0.1, 0.15) is 20.8 Å². The van der Waals surface area contributed by atoms with E-state index >= 15 is 0 Å². The van der Waals surface area contributed by atoms with Crippen molar-refractivity contribution in [3.8, 4) is 0 Å². The number of carbonyl (C=O) groups is 1. The maximum Gasteiger partial charge on any atom is 1.00 e. The summed E-state index contributed by atoms with van der Waals surface area (Å²) in [6, 6.07) is 0.0285. The van der Waals surface area contributed by atoms with Crippen LogP contribution in [-0.2, 0) is 4.74 Å². The van der Waals surface area contributed by atoms with E-state index in [0.29, 0.717) is 19.8 Å². The molecule has 1 heterocycles. The van der Waals surface area contributed by atoms with Crippen molar-refractivity contribution in [1.82, 2.24) is 4.90 Å². The van der Waals surface area contributed by atoms with Crippen molar-refractivity contribution in [1.29, 1.82) is 0 Å². The quantitative estimate of drug-likeness (QED) is 0.490. The molecule has 1 atom stereocenters. The summed E-state index contributed by atoms with van der Waals surface area (Å²) in [5, 5.41) is 3.59. The number of urea groups is 1. The Hall–Kier alpha value is 0.866. The van der Waals surface area contributed by atoms with Crippen molar-refractivity contribution in [2.45, 2.75) is 26.8 Å². The molecule has 1 unspecified atom stereocenters. The Balaban J connectivity index is 0. The van der Waals surface area contributed by atoms with Crippen LogP contribution in [0.2, 0.25) is 0 Å². The Morgan fingerprint density at radius 3 is 2.50 bits per heavy atom. The average Bonchev–Trinajstić information content (AvgIpc) is 2.20. The molecular weight excluding hydrogens is 207 g/mol. The summed E-state index contributed by atoms with van der Waals surface area (Å²) < 4.78 is 5.17. The second-order valence-electron chi connectivity index (χ2n) is 2.62. The molecule has 1 fully saturated rings. The van der Waals surface area contributed by atoms with E-state index in [2.05, 4.69) is 5.32 Å². The van der Waals surface area contributed by atoms with Gasteiger partial charge in [-0.2, -0.15) is 0 Å². The molecule has 0 N–H and O–H groups in total. The molecule has 1 saturated heterocycles. The summed E-state index contributed by atoms with van der Waals surface area (Å²) in [6.07, 6.45) is 0. The molecule has 0 aromatic carbocycles. The van der Waals surface area contributed by atoms with Gasteiger partial charge in [0, 0.05) is 13.2 Å². The predicted molar refractivity (Wildman–Crippen MR) is 53.0 cm³/mol. The van der Waals surface area contributed by atoms with Crippen LogP contribution >= 0.6 is 0 Å². The fraction of sp³-hybridized carbons (Fsp3) is 0.889. The fourth-order valence-corrected chi connectivity index (χ4v) is 1.14. The first-order valence-electron chi connectivity index (χ1n) is 4.74. The molecule has 1 aliphatic rings. The van der Waals surface area contributed by atoms with E-state index in [1.54, 1.807) is 4.90 Å². The number of nitrogens with zero attached hydrogens (tertiary/aromatic N) is 2. The standard InChI is InChI=1S/C7H14N2O2.C2H6.K/c1-6-5-11-4-3-9(6)7(10)8-2;1-2;/h6H,3-5H2,1-2H3,(H,8,10);1-2H3;/q;;+1/p-1. The zero-order valence-electron chi connectivity index (χ0n) is 9.91. The van der Waals surface area contributed by atoms with Crippen molar-refractivity contribution in [2.24, 2.45) is 0 Å². The first-order chi connectivity index (χ1) is 6.25. The second kappa shape index (κ2) is 10.4. The van der Waals surface area contributed by atoms with Crippen molar-refractivity contribution in [2.75, 3.05) is 26.8 Å². The summed E-state index contributed by atoms with van der Waals surface area (Å²) in [7, 11) is 1.52. The van der Waals surface area contributed by atoms with Crippen LogP contribution in [0, 0.1) is 0 Å². The van der Waals surface area contributed by atoms with Gasteiger partial charge in [0.25, 0.3) is 0 Å². The average molecular weight is 226 g/mol. The van der Waals surface area contributed by atoms with Crippen LogP contribution in [0.25, 0.3) is 5.32 Å². The van der Waals surface area contributed by atoms with Gasteiger partial charge in [-0.15, -0.1) is 0 Å². The van der Waals surface area contributed by atoms with Gasteiger partial charge >= 0.3 is 51.4 Å². The Bertz CT molecular complexity index is 156. The van der Waals surface area contributed by atoms with Crippen LogP contribution in [0.3, 0.4) is 0 Å². The topological polar surface area (TPSA) is 43.6 Å². The molecule has 0 radical (unpaired) electrons. The van der Waals surface area contributed by atoms with Gasteiger partial charge in [-0.05, 0) is 12.6 Å². The van der Waals surface area contributed by atoms with E-state index in [0.717, 1.165) is 0 Å². The molecule has 0 saturated carbocycles. The third-order valence-corrected chi connectivity index (χ3v) is 1.80. The first kappa shape index (κ1) is 17.3. The van der Waals surface area contributed by atoms with Crippen molar-refractivity contribution in [3.63, 3.8) is 0 Å². The van der Waals surface area contributed by atoms with Gasteiger partial charge in [-0.3, -0.25) is 4.79 Å². The van der Waals surface area contributed by atoms with E-state index < -0.39 is 0 Å². The summed E-state index contributed by atoms with van der Waals surface area (Å²) in [4.78, 5) is 12.8. The number of hydrogen-bond acceptors (Lipinski definition) is 2. The SMILES string of the molecule is CC.C[N-]C(=O)N1CCOCC1C.[K+]. The number of hydrogen-bond donors (Lipinski definition) is 0. The first-order valence-corrected chi connectivity index (χ1v) is 4.74. The monoisotopic (exact) mass is 226 g/mol. The molecule has 0 aromatic rings. The molecule has 4 nitrogen and oxygen atoms in total. The Morgan fingerprint density at radius 1 is 1.50 bits per heavy atom. The number of rotatable bonds is 0. The zero-order chi connectivity index (χ0) is 10.3. The predicted octanol–water partition coefficient (Wildman–Crippen LogP) is -1.14. The van der Waals surface area contributed by atoms with Crippen LogP contribution in [0.15, 0.2) is 0 Å². The summed E-state index contributed by atoms with van der Waals surface area (Å²) in [6.45, 7) is 7.88. The number of morpholine rings is 1. The number of ether oxygens (including phenoxy) is 1. The third-order valence-electron chi connectivity index (χ3n) is 1.80. The Labute approximate surface area is 129 Å². The van der Waals surface area contributed by atoms with Crippen LogP contribution in [0.5, 0.6) is 0 Å². The molecule has 1 rings (SSSR count). The number of carbonyl (C=O) groups excluding carboxylic acids is 1. The van der Waals surface area contributed by atoms with Gasteiger partial charge in [0.15, 0.2) is 6.03 Å². The van der Waals surface area contributed by atoms with E-state index in [9.17, 15) is 4.79 Å². The van der Waals surface area contributed by atoms with Crippen LogP contribution in [-0.4, -0.2) is 43.8 Å². The van der Waals surface area contributed by atoms with Gasteiger partial charge in [0.05, 0.1) is 0 Å². The molecule has 0 aliphatic carbocycles. The van der Waals surface area contributed by atoms with Gasteiger partial charge in [-0.25, -0.2) is 0 Å². The van der Waals surface area contributed by atoms with E-state index in [4.69, 9.17) is 4.74 Å². The van der Waals surface area contributed by atoms with Gasteiger partial charge in [0.2, 0.25) is 0 Å². The maximum atomic E-state index is 11.1. The Morgan fingerprint density at radius 2 is 2.07 bits per heavy atom. The van der Waals surface area contributed by atoms with Crippen molar-refractivity contribution >= 4 is 6.03 Å². The molecule has 0 bridgehead atoms. The molecule has 5 heteroatoms. The number of amides is 2. The van der Waals surface area contributed by atoms with Gasteiger partial charge in [-0.1, -0.05) is 27.8 Å². The van der Waals surface area contributed by atoms with Gasteiger partial charge in [0.1, 0.15) is 0 Å². The van der Waals surface area contributed by atoms with Crippen LogP contribution < -0.4 is 51.4 Å². The second-order valence-corrected chi connectivity index (χ2v) is 2.62. The summed E-state index contributed by atoms with van der Waals surface area (Å²) in [5.74, 6) is 0. The molecule has 78 valence electrons. The third kappa shape index (κ3) is 5.68. The van der Waals surface area contributed by atoms with Gasteiger partial charge < -0.3 is 15.0 Å². The largest absolute Gasteiger partial charge is 1.00 e. The molecule has 0 spiro atoms. The minimum absolute atomic E-state index is 0. The molecule has 2 amide bonds. The zero-order valence-corrected chi connectivity index (χ0v) is 13.0. The normalized spacial score (nSPS) is 20.0. The molecule has 1 aliphatic heterocycles. The fourth-order valence-electron chi connectivity index (χ4n) is 1.14. The van der Waals surface area contributed by atoms with Crippen LogP contribution in [0.4, 0.5) is 4.79 Å². The molecule has 0 aromatic heterocycles. The summed E-state index contributed by atoms with van der Waals surface area (Å²) >= 11 is 0. The minimum Gasteiger partial charge on any atom is -0.434 e. The van der Waals surface area contributed by atoms with Crippen molar-refractivity contribution in [3.05, 3.63) is 5.32 Å². The minimum atomic E-state index is -0.138. The Kier molecular flexibility index (Phi) is 12.8. The smallest absolute Gasteiger partial charge is 0.434 e.